The van der Waals surface area contributed by atoms with Crippen LogP contribution >= 0.6 is 11.7 Å². The van der Waals surface area contributed by atoms with Crippen molar-refractivity contribution in [1.29, 1.82) is 0 Å². The Hall–Kier alpha value is 1.02. The summed E-state index contributed by atoms with van der Waals surface area (Å²) >= 11 is 9.26. The van der Waals surface area contributed by atoms with Crippen LogP contribution in [0.25, 0.3) is 0 Å². The highest BCUT2D eigenvalue weighted by Crippen LogP contribution is 2.17. The van der Waals surface area contributed by atoms with Gasteiger partial charge in [0.25, 0.3) is 0 Å². The van der Waals surface area contributed by atoms with Crippen molar-refractivity contribution >= 4 is 40.1 Å². The summed E-state index contributed by atoms with van der Waals surface area (Å²) in [6.45, 7) is 7.70. The predicted octanol–water partition coefficient (Wildman–Crippen LogP) is 1.96. The third-order valence-electron chi connectivity index (χ3n) is 1.68. The third-order valence-corrected chi connectivity index (χ3v) is 6.69. The molecule has 0 amide bonds. The van der Waals surface area contributed by atoms with Crippen molar-refractivity contribution in [3.05, 3.63) is 0 Å². The molecule has 0 aliphatic rings. The van der Waals surface area contributed by atoms with Crippen LogP contribution in [0.5, 0.6) is 0 Å². The Morgan fingerprint density at radius 3 is 1.73 bits per heavy atom. The lowest BCUT2D eigenvalue weighted by Crippen LogP contribution is -2.46. The van der Waals surface area contributed by atoms with Gasteiger partial charge in [0.1, 0.15) is 0 Å². The molecule has 1 unspecified atom stereocenters. The number of thiol groups is 1. The largest absolute Gasteiger partial charge is 0.501 e. The van der Waals surface area contributed by atoms with Crippen LogP contribution in [-0.4, -0.2) is 34.4 Å². The molecule has 0 aromatic rings. The van der Waals surface area contributed by atoms with Gasteiger partial charge in [0.2, 0.25) is 0 Å². The first-order valence-electron chi connectivity index (χ1n) is 5.09. The molecule has 0 spiro atoms. The van der Waals surface area contributed by atoms with Gasteiger partial charge in [-0.15, -0.1) is 11.7 Å². The van der Waals surface area contributed by atoms with E-state index in [-0.39, 0.29) is 8.49 Å². The molecule has 0 N–H and O–H groups in total. The zero-order valence-corrected chi connectivity index (χ0v) is 13.1. The Labute approximate surface area is 106 Å². The summed E-state index contributed by atoms with van der Waals surface area (Å²) in [6, 6.07) is 0.763. The van der Waals surface area contributed by atoms with Crippen molar-refractivity contribution < 1.29 is 13.3 Å². The van der Waals surface area contributed by atoms with E-state index in [4.69, 9.17) is 24.5 Å². The second-order valence-corrected chi connectivity index (χ2v) is 9.81. The molecule has 0 saturated heterocycles. The molecule has 3 nitrogen and oxygen atoms in total. The first-order chi connectivity index (χ1) is 7.10. The van der Waals surface area contributed by atoms with E-state index in [1.807, 2.05) is 20.8 Å². The highest BCUT2D eigenvalue weighted by atomic mass is 33.3. The van der Waals surface area contributed by atoms with Gasteiger partial charge >= 0.3 is 8.80 Å². The normalized spacial score (nSPS) is 14.1. The van der Waals surface area contributed by atoms with Crippen LogP contribution in [0.2, 0.25) is 6.04 Å². The van der Waals surface area contributed by atoms with Gasteiger partial charge in [0, 0.05) is 31.6 Å². The average Bonchev–Trinajstić information content (AvgIpc) is 2.16. The Kier molecular flexibility index (Phi) is 9.71. The topological polar surface area (TPSA) is 27.7 Å². The maximum Gasteiger partial charge on any atom is 0.501 e. The van der Waals surface area contributed by atoms with Crippen LogP contribution in [0.4, 0.5) is 0 Å². The van der Waals surface area contributed by atoms with Crippen molar-refractivity contribution in [3.63, 3.8) is 0 Å². The molecule has 0 saturated carbocycles. The second-order valence-electron chi connectivity index (χ2n) is 2.76. The van der Waals surface area contributed by atoms with E-state index in [0.717, 1.165) is 11.8 Å². The Bertz CT molecular complexity index is 175. The smallest absolute Gasteiger partial charge is 0.374 e. The summed E-state index contributed by atoms with van der Waals surface area (Å²) in [4.78, 5) is 0. The molecule has 0 aliphatic heterocycles. The molecular formula is C8H20O3S3Si. The molecule has 0 aromatic carbocycles. The summed E-state index contributed by atoms with van der Waals surface area (Å²) in [5.74, 6) is 0.810. The zero-order chi connectivity index (χ0) is 11.7. The molecule has 7 heteroatoms. The van der Waals surface area contributed by atoms with Crippen molar-refractivity contribution in [2.24, 2.45) is 0 Å². The molecule has 1 atom stereocenters. The number of hydrogen-bond donors (Lipinski definition) is 1. The lowest BCUT2D eigenvalue weighted by atomic mass is 10.9. The Morgan fingerprint density at radius 1 is 1.07 bits per heavy atom. The highest BCUT2D eigenvalue weighted by Gasteiger charge is 2.39. The molecule has 0 heterocycles. The van der Waals surface area contributed by atoms with E-state index in [1.165, 1.54) is 0 Å². The Balaban J connectivity index is 4.37. The van der Waals surface area contributed by atoms with Crippen molar-refractivity contribution in [2.45, 2.75) is 26.8 Å². The molecule has 0 rings (SSSR count). The molecule has 92 valence electrons. The summed E-state index contributed by atoms with van der Waals surface area (Å²) in [5, 5.41) is 0. The van der Waals surface area contributed by atoms with Crippen molar-refractivity contribution in [2.75, 3.05) is 25.6 Å². The van der Waals surface area contributed by atoms with E-state index in [9.17, 15) is 0 Å². The average molecular weight is 289 g/mol. The van der Waals surface area contributed by atoms with Crippen molar-refractivity contribution in [3.8, 4) is 0 Å². The van der Waals surface area contributed by atoms with E-state index in [0.29, 0.717) is 19.8 Å². The molecular weight excluding hydrogens is 268 g/mol. The van der Waals surface area contributed by atoms with Crippen LogP contribution in [-0.2, 0) is 33.0 Å². The summed E-state index contributed by atoms with van der Waals surface area (Å²) in [5.41, 5.74) is 0. The van der Waals surface area contributed by atoms with Crippen LogP contribution in [0.15, 0.2) is 0 Å². The fourth-order valence-corrected chi connectivity index (χ4v) is 6.49. The maximum absolute atomic E-state index is 5.68. The van der Waals surface area contributed by atoms with E-state index < -0.39 is 8.80 Å². The van der Waals surface area contributed by atoms with Gasteiger partial charge < -0.3 is 13.3 Å². The molecule has 0 aliphatic carbocycles. The number of rotatable bonds is 9. The second kappa shape index (κ2) is 9.09. The Morgan fingerprint density at radius 2 is 1.47 bits per heavy atom. The fraction of sp³-hybridized carbons (Fsp3) is 1.00. The lowest BCUT2D eigenvalue weighted by molar-refractivity contribution is 0.0729. The number of hydrogen-bond acceptors (Lipinski definition) is 4. The SMILES string of the molecule is CCO[Si](CCS(=S)S)(OCC)OCC. The van der Waals surface area contributed by atoms with Gasteiger partial charge in [-0.3, -0.25) is 0 Å². The van der Waals surface area contributed by atoms with Crippen molar-refractivity contribution in [1.82, 2.24) is 0 Å². The lowest BCUT2D eigenvalue weighted by Gasteiger charge is -2.28. The van der Waals surface area contributed by atoms with Gasteiger partial charge in [0.15, 0.2) is 0 Å². The molecule has 0 radical (unpaired) electrons. The first kappa shape index (κ1) is 16.0. The summed E-state index contributed by atoms with van der Waals surface area (Å²) in [6.07, 6.45) is 0. The third kappa shape index (κ3) is 7.04. The van der Waals surface area contributed by atoms with Crippen LogP contribution in [0.3, 0.4) is 0 Å². The fourth-order valence-electron chi connectivity index (χ4n) is 1.21. The van der Waals surface area contributed by atoms with Gasteiger partial charge in [-0.25, -0.2) is 0 Å². The predicted molar refractivity (Wildman–Crippen MR) is 74.0 cm³/mol. The van der Waals surface area contributed by atoms with Crippen LogP contribution in [0, 0.1) is 0 Å². The minimum atomic E-state index is -2.47. The van der Waals surface area contributed by atoms with Gasteiger partial charge in [-0.1, -0.05) is 8.49 Å². The molecule has 0 aromatic heterocycles. The maximum atomic E-state index is 5.68. The minimum absolute atomic E-state index is 0.300. The minimum Gasteiger partial charge on any atom is -0.374 e. The molecule has 15 heavy (non-hydrogen) atoms. The van der Waals surface area contributed by atoms with Gasteiger partial charge in [-0.05, 0) is 32.0 Å². The highest BCUT2D eigenvalue weighted by molar-refractivity contribution is 8.76. The van der Waals surface area contributed by atoms with E-state index in [2.05, 4.69) is 11.7 Å². The summed E-state index contributed by atoms with van der Waals surface area (Å²) < 4.78 is 17.0. The van der Waals surface area contributed by atoms with Gasteiger partial charge in [0.05, 0.1) is 0 Å². The monoisotopic (exact) mass is 288 g/mol. The first-order valence-corrected chi connectivity index (χ1v) is 10.4. The zero-order valence-electron chi connectivity index (χ0n) is 9.52. The molecule has 0 bridgehead atoms. The quantitative estimate of drug-likeness (QED) is 0.399. The van der Waals surface area contributed by atoms with E-state index in [1.54, 1.807) is 0 Å². The van der Waals surface area contributed by atoms with Crippen LogP contribution in [0.1, 0.15) is 20.8 Å². The van der Waals surface area contributed by atoms with E-state index >= 15 is 0 Å². The van der Waals surface area contributed by atoms with Gasteiger partial charge in [-0.2, -0.15) is 0 Å². The van der Waals surface area contributed by atoms with Crippen LogP contribution < -0.4 is 0 Å². The summed E-state index contributed by atoms with van der Waals surface area (Å²) in [7, 11) is -2.77. The standard InChI is InChI=1S/C8H20O3S3Si/c1-4-9-15(10-5-2,11-6-3)8-7-14(12)13/h4-8H2,1-3H3,(H,12,13). The molecule has 0 fully saturated rings.